The fourth-order valence-electron chi connectivity index (χ4n) is 8.96. The monoisotopic (exact) mass is 1160 g/mol. The van der Waals surface area contributed by atoms with Gasteiger partial charge in [0.1, 0.15) is 0 Å². The average molecular weight is 1160 g/mol. The first kappa shape index (κ1) is 68.4. The summed E-state index contributed by atoms with van der Waals surface area (Å²) in [6, 6.07) is 22.2. The Balaban J connectivity index is -0.000000883. The van der Waals surface area contributed by atoms with Crippen LogP contribution in [-0.4, -0.2) is 33.0 Å². The second-order valence-corrected chi connectivity index (χ2v) is 27.0. The van der Waals surface area contributed by atoms with Crippen LogP contribution in [0.3, 0.4) is 0 Å². The minimum absolute atomic E-state index is 0. The predicted octanol–water partition coefficient (Wildman–Crippen LogP) is 14.8. The van der Waals surface area contributed by atoms with Gasteiger partial charge >= 0.3 is 39.7 Å². The van der Waals surface area contributed by atoms with E-state index in [0.29, 0.717) is 17.9 Å². The second kappa shape index (κ2) is 37.1. The molecule has 2 aromatic carbocycles. The van der Waals surface area contributed by atoms with Crippen LogP contribution in [0.4, 0.5) is 0 Å². The van der Waals surface area contributed by atoms with Crippen LogP contribution >= 0.6 is 16.3 Å². The van der Waals surface area contributed by atoms with Crippen LogP contribution in [0.15, 0.2) is 60.7 Å². The molecule has 4 aliphatic rings. The summed E-state index contributed by atoms with van der Waals surface area (Å²) in [6.07, 6.45) is 19.8. The zero-order valence-electron chi connectivity index (χ0n) is 40.8. The van der Waals surface area contributed by atoms with Crippen molar-refractivity contribution in [2.45, 2.75) is 206 Å². The molecule has 4 fully saturated rings. The molecule has 364 valence electrons. The SMILES string of the molecule is CC(C)(C)[S-].CC(C)(C)[S-].CC(C)[C@@H]1CC[C@@H](C)C[C@H]1OP(O[C@@H]1C[C@H](C)CC[C@H]1C(C)C)C1CCCC1.[C-]#[O+].[C-]#[O+].[Fe+2].[Rh].[Rh].c1ccc(P(c2ccccc2)C2CCCC2)cc1. The van der Waals surface area contributed by atoms with Crippen LogP contribution in [0.1, 0.15) is 173 Å². The van der Waals surface area contributed by atoms with E-state index in [0.717, 1.165) is 41.2 Å². The van der Waals surface area contributed by atoms with Crippen molar-refractivity contribution in [2.75, 3.05) is 0 Å². The van der Waals surface area contributed by atoms with E-state index < -0.39 is 8.38 Å². The molecule has 0 aliphatic heterocycles. The van der Waals surface area contributed by atoms with Crippen LogP contribution in [-0.2, 0) is 99.6 Å². The molecule has 0 heterocycles. The van der Waals surface area contributed by atoms with E-state index in [-0.39, 0.29) is 73.4 Å². The van der Waals surface area contributed by atoms with Crippen molar-refractivity contribution < 1.29 is 74.4 Å². The minimum atomic E-state index is -0.748. The molecule has 0 spiro atoms. The molecule has 0 bridgehead atoms. The third-order valence-electron chi connectivity index (χ3n) is 11.8. The molecule has 6 rings (SSSR count). The van der Waals surface area contributed by atoms with Crippen LogP contribution in [0.5, 0.6) is 0 Å². The fraction of sp³-hybridized carbons (Fsp3) is 0.731. The number of hydrogen-bond acceptors (Lipinski definition) is 4. The smallest absolute Gasteiger partial charge is 0.0622 e. The summed E-state index contributed by atoms with van der Waals surface area (Å²) in [5, 5.41) is 3.09. The van der Waals surface area contributed by atoms with Crippen LogP contribution in [0.25, 0.3) is 0 Å². The van der Waals surface area contributed by atoms with Gasteiger partial charge in [-0.1, -0.05) is 182 Å². The topological polar surface area (TPSA) is 58.3 Å². The normalized spacial score (nSPS) is 23.5. The molecule has 0 aromatic heterocycles. The number of benzene rings is 2. The van der Waals surface area contributed by atoms with Crippen molar-refractivity contribution in [3.05, 3.63) is 74.0 Å². The van der Waals surface area contributed by atoms with Gasteiger partial charge in [0.05, 0.1) is 12.2 Å². The van der Waals surface area contributed by atoms with Crippen molar-refractivity contribution in [3.8, 4) is 0 Å². The molecule has 11 heteroatoms. The van der Waals surface area contributed by atoms with E-state index in [1.807, 2.05) is 41.5 Å². The van der Waals surface area contributed by atoms with Gasteiger partial charge in [-0.05, 0) is 111 Å². The molecule has 4 nitrogen and oxygen atoms in total. The van der Waals surface area contributed by atoms with Gasteiger partial charge in [-0.15, -0.1) is 0 Å². The molecular weight excluding hydrogens is 1080 g/mol. The van der Waals surface area contributed by atoms with Crippen molar-refractivity contribution in [1.29, 1.82) is 0 Å². The first-order valence-electron chi connectivity index (χ1n) is 23.1. The van der Waals surface area contributed by atoms with E-state index in [2.05, 4.69) is 116 Å². The average Bonchev–Trinajstić information content (AvgIpc) is 3.92. The molecule has 4 aliphatic carbocycles. The summed E-state index contributed by atoms with van der Waals surface area (Å²) >= 11 is 9.65. The third-order valence-corrected chi connectivity index (χ3v) is 16.8. The standard InChI is InChI=1S/C25H47O2P.C17H19P.2C4H10S.2CO.Fe.2Rh/c1-17(2)22-13-11-19(5)15-24(22)26-28(21-9-7-8-10-21)27-25-16-20(6)12-14-23(25)18(3)4;1-3-9-15(10-4-1)18(17-13-7-8-14-17)16-11-5-2-6-12-16;2*1-4(2,3)5;2*1-2;;;/h17-25H,7-16H2,1-6H3;1-6,9-12,17H,7-8,13-14H2;2*5H,1-3H3;;;;;/q;;;;;;+2;;/p-2/t19-,20-,22+,23+,24-,25-;;;;;;;;/m1......../s1. The van der Waals surface area contributed by atoms with E-state index >= 15 is 0 Å². The van der Waals surface area contributed by atoms with Gasteiger partial charge < -0.3 is 34.3 Å². The van der Waals surface area contributed by atoms with Crippen molar-refractivity contribution >= 4 is 52.2 Å². The molecule has 0 saturated heterocycles. The molecule has 0 N–H and O–H groups in total. The predicted molar refractivity (Wildman–Crippen MR) is 265 cm³/mol. The van der Waals surface area contributed by atoms with Crippen molar-refractivity contribution in [1.82, 2.24) is 0 Å². The van der Waals surface area contributed by atoms with Gasteiger partial charge in [-0.2, -0.15) is 9.49 Å². The first-order valence-corrected chi connectivity index (χ1v) is 26.6. The fourth-order valence-corrected chi connectivity index (χ4v) is 14.2. The maximum absolute atomic E-state index is 7.50. The molecule has 2 radical (unpaired) electrons. The van der Waals surface area contributed by atoms with Crippen molar-refractivity contribution in [2.24, 2.45) is 35.5 Å². The Morgan fingerprint density at radius 3 is 1.11 bits per heavy atom. The van der Waals surface area contributed by atoms with E-state index in [1.54, 1.807) is 10.6 Å². The Morgan fingerprint density at radius 1 is 0.540 bits per heavy atom. The van der Waals surface area contributed by atoms with Crippen LogP contribution in [0.2, 0.25) is 0 Å². The van der Waals surface area contributed by atoms with Crippen LogP contribution in [0, 0.1) is 48.8 Å². The summed E-state index contributed by atoms with van der Waals surface area (Å²) in [4.78, 5) is 0. The van der Waals surface area contributed by atoms with Gasteiger partial charge in [0.2, 0.25) is 0 Å². The molecule has 4 saturated carbocycles. The number of rotatable bonds is 10. The van der Waals surface area contributed by atoms with Gasteiger partial charge in [-0.3, -0.25) is 0 Å². The summed E-state index contributed by atoms with van der Waals surface area (Å²) in [7, 11) is -0.900. The zero-order valence-corrected chi connectivity index (χ0v) is 48.6. The number of hydrogen-bond donors (Lipinski definition) is 0. The largest absolute Gasteiger partial charge is 2.00 e. The van der Waals surface area contributed by atoms with Gasteiger partial charge in [0.25, 0.3) is 0 Å². The molecule has 63 heavy (non-hydrogen) atoms. The Kier molecular flexibility index (Phi) is 40.2. The Labute approximate surface area is 438 Å². The Morgan fingerprint density at radius 2 is 0.825 bits per heavy atom. The van der Waals surface area contributed by atoms with Crippen LogP contribution < -0.4 is 10.6 Å². The summed E-state index contributed by atoms with van der Waals surface area (Å²) in [5.41, 5.74) is 1.58. The minimum Gasteiger partial charge on any atom is -0.0622 e. The molecule has 6 atom stereocenters. The Bertz CT molecular complexity index is 1310. The summed E-state index contributed by atoms with van der Waals surface area (Å²) in [6.45, 7) is 35.4. The summed E-state index contributed by atoms with van der Waals surface area (Å²) in [5.74, 6) is 4.49. The van der Waals surface area contributed by atoms with Crippen molar-refractivity contribution in [3.63, 3.8) is 0 Å². The molecular formula is C52H84FeO4P2Rh2S2. The maximum atomic E-state index is 7.50. The summed E-state index contributed by atoms with van der Waals surface area (Å²) < 4.78 is 29.2. The van der Waals surface area contributed by atoms with Gasteiger partial charge in [0, 0.05) is 44.6 Å². The Hall–Kier alpha value is 1.17. The molecule has 0 unspecified atom stereocenters. The third kappa shape index (κ3) is 29.7. The maximum Gasteiger partial charge on any atom is 2.00 e. The van der Waals surface area contributed by atoms with Gasteiger partial charge in [-0.25, -0.2) is 0 Å². The second-order valence-electron chi connectivity index (χ2n) is 20.4. The first-order chi connectivity index (χ1) is 28.3. The molecule has 0 amide bonds. The quantitative estimate of drug-likeness (QED) is 0.0782. The zero-order chi connectivity index (χ0) is 45.5. The van der Waals surface area contributed by atoms with Gasteiger partial charge in [0.15, 0.2) is 8.38 Å². The van der Waals surface area contributed by atoms with E-state index in [9.17, 15) is 0 Å². The molecule has 2 aromatic rings. The van der Waals surface area contributed by atoms with E-state index in [1.165, 1.54) is 89.9 Å². The van der Waals surface area contributed by atoms with E-state index in [4.69, 9.17) is 43.6 Å².